The number of anilines is 1. The molecule has 0 atom stereocenters. The Kier molecular flexibility index (Phi) is 6.92. The second-order valence-corrected chi connectivity index (χ2v) is 7.92. The van der Waals surface area contributed by atoms with Gasteiger partial charge in [-0.25, -0.2) is 8.42 Å². The van der Waals surface area contributed by atoms with Crippen molar-refractivity contribution < 1.29 is 22.7 Å². The van der Waals surface area contributed by atoms with Gasteiger partial charge in [-0.1, -0.05) is 17.7 Å². The van der Waals surface area contributed by atoms with Gasteiger partial charge in [-0.05, 0) is 42.3 Å². The summed E-state index contributed by atoms with van der Waals surface area (Å²) in [7, 11) is -0.309. The van der Waals surface area contributed by atoms with E-state index in [2.05, 4.69) is 10.0 Å². The lowest BCUT2D eigenvalue weighted by Crippen LogP contribution is -2.25. The minimum Gasteiger partial charge on any atom is -0.493 e. The maximum absolute atomic E-state index is 12.3. The first-order valence-corrected chi connectivity index (χ1v) is 10.3. The van der Waals surface area contributed by atoms with Crippen LogP contribution in [0.15, 0.2) is 36.4 Å². The molecule has 0 unspecified atom stereocenters. The van der Waals surface area contributed by atoms with Crippen LogP contribution in [0, 0.1) is 0 Å². The van der Waals surface area contributed by atoms with Gasteiger partial charge in [0.25, 0.3) is 5.91 Å². The summed E-state index contributed by atoms with van der Waals surface area (Å²) in [5.74, 6) is 0.966. The number of nitrogens with one attached hydrogen (secondary N) is 2. The third kappa shape index (κ3) is 6.04. The van der Waals surface area contributed by atoms with Crippen LogP contribution in [-0.2, 0) is 16.4 Å². The normalized spacial score (nSPS) is 11.0. The van der Waals surface area contributed by atoms with Crippen LogP contribution in [0.5, 0.6) is 11.5 Å². The predicted molar refractivity (Wildman–Crippen MR) is 106 cm³/mol. The summed E-state index contributed by atoms with van der Waals surface area (Å²) in [6, 6.07) is 9.94. The summed E-state index contributed by atoms with van der Waals surface area (Å²) in [6.07, 6.45) is 1.63. The van der Waals surface area contributed by atoms with Crippen molar-refractivity contribution in [1.82, 2.24) is 5.32 Å². The highest BCUT2D eigenvalue weighted by Gasteiger charge is 2.11. The number of carbonyl (C=O) groups is 1. The van der Waals surface area contributed by atoms with Gasteiger partial charge in [0, 0.05) is 12.1 Å². The molecule has 0 fully saturated rings. The Bertz CT molecular complexity index is 931. The number of ether oxygens (including phenoxy) is 2. The van der Waals surface area contributed by atoms with Crippen molar-refractivity contribution in [2.75, 3.05) is 31.7 Å². The fourth-order valence-electron chi connectivity index (χ4n) is 2.40. The standard InChI is InChI=1S/C18H21ClN2O5S/c1-25-16-7-4-12(10-17(16)26-2)8-9-20-18(22)13-5-6-15(14(19)11-13)21-27(3,23)24/h4-7,10-11,21H,8-9H2,1-3H3,(H,20,22). The van der Waals surface area contributed by atoms with Gasteiger partial charge in [-0.15, -0.1) is 0 Å². The van der Waals surface area contributed by atoms with Gasteiger partial charge < -0.3 is 14.8 Å². The van der Waals surface area contributed by atoms with Crippen LogP contribution in [0.1, 0.15) is 15.9 Å². The Morgan fingerprint density at radius 3 is 2.37 bits per heavy atom. The molecular weight excluding hydrogens is 392 g/mol. The van der Waals surface area contributed by atoms with Crippen LogP contribution >= 0.6 is 11.6 Å². The number of rotatable bonds is 8. The van der Waals surface area contributed by atoms with E-state index in [9.17, 15) is 13.2 Å². The second-order valence-electron chi connectivity index (χ2n) is 5.76. The second kappa shape index (κ2) is 8.96. The van der Waals surface area contributed by atoms with E-state index >= 15 is 0 Å². The largest absolute Gasteiger partial charge is 0.493 e. The smallest absolute Gasteiger partial charge is 0.251 e. The molecular formula is C18H21ClN2O5S. The molecule has 2 aromatic rings. The molecule has 0 aromatic heterocycles. The maximum Gasteiger partial charge on any atom is 0.251 e. The SMILES string of the molecule is COc1ccc(CCNC(=O)c2ccc(NS(C)(=O)=O)c(Cl)c2)cc1OC. The van der Waals surface area contributed by atoms with E-state index in [0.717, 1.165) is 11.8 Å². The molecule has 1 amide bonds. The molecule has 0 aliphatic rings. The average molecular weight is 413 g/mol. The number of hydrogen-bond donors (Lipinski definition) is 2. The number of sulfonamides is 1. The van der Waals surface area contributed by atoms with Crippen molar-refractivity contribution in [3.63, 3.8) is 0 Å². The molecule has 0 aliphatic carbocycles. The summed E-state index contributed by atoms with van der Waals surface area (Å²) >= 11 is 6.04. The van der Waals surface area contributed by atoms with Crippen molar-refractivity contribution in [3.05, 3.63) is 52.5 Å². The summed E-state index contributed by atoms with van der Waals surface area (Å²) in [6.45, 7) is 0.412. The van der Waals surface area contributed by atoms with Gasteiger partial charge in [0.15, 0.2) is 11.5 Å². The molecule has 27 heavy (non-hydrogen) atoms. The third-order valence-corrected chi connectivity index (χ3v) is 4.58. The van der Waals surface area contributed by atoms with E-state index in [0.29, 0.717) is 30.0 Å². The molecule has 0 radical (unpaired) electrons. The van der Waals surface area contributed by atoms with Gasteiger partial charge >= 0.3 is 0 Å². The molecule has 0 saturated carbocycles. The van der Waals surface area contributed by atoms with Gasteiger partial charge in [0.05, 0.1) is 31.2 Å². The van der Waals surface area contributed by atoms with Crippen LogP contribution in [0.3, 0.4) is 0 Å². The number of hydrogen-bond acceptors (Lipinski definition) is 5. The van der Waals surface area contributed by atoms with Crippen molar-refractivity contribution >= 4 is 33.2 Å². The Morgan fingerprint density at radius 2 is 1.78 bits per heavy atom. The topological polar surface area (TPSA) is 93.7 Å². The number of halogens is 1. The van der Waals surface area contributed by atoms with E-state index < -0.39 is 10.0 Å². The summed E-state index contributed by atoms with van der Waals surface area (Å²) in [4.78, 5) is 12.3. The predicted octanol–water partition coefficient (Wildman–Crippen LogP) is 2.70. The molecule has 0 heterocycles. The molecule has 9 heteroatoms. The van der Waals surface area contributed by atoms with Gasteiger partial charge in [0.2, 0.25) is 10.0 Å². The molecule has 146 valence electrons. The molecule has 2 N–H and O–H groups in total. The van der Waals surface area contributed by atoms with Crippen molar-refractivity contribution in [2.24, 2.45) is 0 Å². The van der Waals surface area contributed by atoms with Crippen LogP contribution in [0.4, 0.5) is 5.69 Å². The van der Waals surface area contributed by atoms with Gasteiger partial charge in [-0.2, -0.15) is 0 Å². The van der Waals surface area contributed by atoms with E-state index in [1.807, 2.05) is 18.2 Å². The van der Waals surface area contributed by atoms with E-state index in [-0.39, 0.29) is 16.6 Å². The Hall–Kier alpha value is -2.45. The number of methoxy groups -OCH3 is 2. The zero-order chi connectivity index (χ0) is 20.0. The summed E-state index contributed by atoms with van der Waals surface area (Å²) in [5, 5.41) is 2.95. The van der Waals surface area contributed by atoms with Crippen molar-refractivity contribution in [3.8, 4) is 11.5 Å². The molecule has 0 aliphatic heterocycles. The fraction of sp³-hybridized carbons (Fsp3) is 0.278. The zero-order valence-electron chi connectivity index (χ0n) is 15.2. The highest BCUT2D eigenvalue weighted by molar-refractivity contribution is 7.92. The summed E-state index contributed by atoms with van der Waals surface area (Å²) < 4.78 is 35.3. The molecule has 0 saturated heterocycles. The molecule has 2 aromatic carbocycles. The lowest BCUT2D eigenvalue weighted by molar-refractivity contribution is 0.0954. The van der Waals surface area contributed by atoms with Crippen molar-refractivity contribution in [2.45, 2.75) is 6.42 Å². The first-order chi connectivity index (χ1) is 12.7. The lowest BCUT2D eigenvalue weighted by Gasteiger charge is -2.11. The minimum absolute atomic E-state index is 0.146. The highest BCUT2D eigenvalue weighted by Crippen LogP contribution is 2.27. The number of amides is 1. The Morgan fingerprint density at radius 1 is 1.07 bits per heavy atom. The molecule has 0 spiro atoms. The monoisotopic (exact) mass is 412 g/mol. The number of benzene rings is 2. The first-order valence-electron chi connectivity index (χ1n) is 8.00. The minimum atomic E-state index is -3.44. The molecule has 2 rings (SSSR count). The van der Waals surface area contributed by atoms with E-state index in [1.54, 1.807) is 14.2 Å². The quantitative estimate of drug-likeness (QED) is 0.695. The van der Waals surface area contributed by atoms with E-state index in [1.165, 1.54) is 18.2 Å². The van der Waals surface area contributed by atoms with Crippen LogP contribution in [0.25, 0.3) is 0 Å². The lowest BCUT2D eigenvalue weighted by atomic mass is 10.1. The van der Waals surface area contributed by atoms with Crippen LogP contribution in [-0.4, -0.2) is 41.3 Å². The van der Waals surface area contributed by atoms with Crippen molar-refractivity contribution in [1.29, 1.82) is 0 Å². The van der Waals surface area contributed by atoms with Crippen LogP contribution in [0.2, 0.25) is 5.02 Å². The highest BCUT2D eigenvalue weighted by atomic mass is 35.5. The third-order valence-electron chi connectivity index (χ3n) is 3.67. The fourth-order valence-corrected chi connectivity index (χ4v) is 3.26. The first kappa shape index (κ1) is 20.9. The summed E-state index contributed by atoms with van der Waals surface area (Å²) in [5.41, 5.74) is 1.55. The van der Waals surface area contributed by atoms with Crippen LogP contribution < -0.4 is 19.5 Å². The average Bonchev–Trinajstić information content (AvgIpc) is 2.62. The zero-order valence-corrected chi connectivity index (χ0v) is 16.8. The van der Waals surface area contributed by atoms with Gasteiger partial charge in [0.1, 0.15) is 0 Å². The molecule has 7 nitrogen and oxygen atoms in total. The number of carbonyl (C=O) groups excluding carboxylic acids is 1. The molecule has 0 bridgehead atoms. The maximum atomic E-state index is 12.3. The van der Waals surface area contributed by atoms with E-state index in [4.69, 9.17) is 21.1 Å². The van der Waals surface area contributed by atoms with Gasteiger partial charge in [-0.3, -0.25) is 9.52 Å². The Labute approximate surface area is 163 Å². The Balaban J connectivity index is 1.97.